The van der Waals surface area contributed by atoms with Crippen molar-refractivity contribution in [1.29, 1.82) is 0 Å². The van der Waals surface area contributed by atoms with Crippen molar-refractivity contribution >= 4 is 0 Å². The summed E-state index contributed by atoms with van der Waals surface area (Å²) in [5.74, 6) is 1.65. The fourth-order valence-corrected chi connectivity index (χ4v) is 3.50. The van der Waals surface area contributed by atoms with Crippen LogP contribution in [0.5, 0.6) is 5.75 Å². The zero-order chi connectivity index (χ0) is 15.8. The van der Waals surface area contributed by atoms with Crippen LogP contribution < -0.4 is 4.74 Å². The molecule has 0 N–H and O–H groups in total. The van der Waals surface area contributed by atoms with Gasteiger partial charge in [-0.1, -0.05) is 45.6 Å². The van der Waals surface area contributed by atoms with Crippen LogP contribution in [0.25, 0.3) is 0 Å². The first-order valence-electron chi connectivity index (χ1n) is 9.16. The van der Waals surface area contributed by atoms with Gasteiger partial charge in [-0.05, 0) is 61.6 Å². The van der Waals surface area contributed by atoms with Crippen LogP contribution >= 0.6 is 0 Å². The fourth-order valence-electron chi connectivity index (χ4n) is 3.50. The number of rotatable bonds is 8. The average molecular weight is 306 g/mol. The van der Waals surface area contributed by atoms with Gasteiger partial charge >= 0.3 is 0 Å². The summed E-state index contributed by atoms with van der Waals surface area (Å²) < 4.78 is 19.8. The molecule has 1 nitrogen and oxygen atoms in total. The average Bonchev–Trinajstić information content (AvgIpc) is 2.56. The Balaban J connectivity index is 1.84. The molecular formula is C20H31FO. The Morgan fingerprint density at radius 2 is 1.82 bits per heavy atom. The highest BCUT2D eigenvalue weighted by Crippen LogP contribution is 2.37. The first-order chi connectivity index (χ1) is 10.7. The largest absolute Gasteiger partial charge is 0.491 e. The summed E-state index contributed by atoms with van der Waals surface area (Å²) in [4.78, 5) is 0. The van der Waals surface area contributed by atoms with E-state index in [1.165, 1.54) is 44.9 Å². The molecule has 0 aromatic heterocycles. The first-order valence-corrected chi connectivity index (χ1v) is 9.16. The Bertz CT molecular complexity index is 435. The van der Waals surface area contributed by atoms with Gasteiger partial charge in [0, 0.05) is 0 Å². The van der Waals surface area contributed by atoms with Gasteiger partial charge in [0.15, 0.2) is 11.6 Å². The van der Waals surface area contributed by atoms with Gasteiger partial charge in [0.1, 0.15) is 0 Å². The molecule has 1 saturated carbocycles. The van der Waals surface area contributed by atoms with Crippen molar-refractivity contribution < 1.29 is 9.13 Å². The molecule has 1 aromatic rings. The number of ether oxygens (including phenoxy) is 1. The summed E-state index contributed by atoms with van der Waals surface area (Å²) in [7, 11) is 0. The molecule has 2 rings (SSSR count). The van der Waals surface area contributed by atoms with Crippen molar-refractivity contribution in [2.45, 2.75) is 77.6 Å². The Labute approximate surface area is 135 Å². The molecule has 1 aromatic carbocycles. The normalized spacial score (nSPS) is 21.8. The van der Waals surface area contributed by atoms with Crippen LogP contribution in [0.15, 0.2) is 18.2 Å². The molecule has 124 valence electrons. The summed E-state index contributed by atoms with van der Waals surface area (Å²) in [6.07, 6.45) is 10.9. The predicted octanol–water partition coefficient (Wildman–Crippen LogP) is 6.47. The van der Waals surface area contributed by atoms with Crippen molar-refractivity contribution in [2.24, 2.45) is 5.92 Å². The quantitative estimate of drug-likeness (QED) is 0.500. The molecule has 0 saturated heterocycles. The topological polar surface area (TPSA) is 9.23 Å². The highest BCUT2D eigenvalue weighted by molar-refractivity contribution is 5.31. The van der Waals surface area contributed by atoms with Gasteiger partial charge in [-0.25, -0.2) is 4.39 Å². The lowest BCUT2D eigenvalue weighted by atomic mass is 9.78. The van der Waals surface area contributed by atoms with E-state index in [9.17, 15) is 4.39 Å². The smallest absolute Gasteiger partial charge is 0.165 e. The zero-order valence-corrected chi connectivity index (χ0v) is 14.2. The molecule has 1 aliphatic rings. The molecule has 1 fully saturated rings. The third-order valence-corrected chi connectivity index (χ3v) is 5.11. The highest BCUT2D eigenvalue weighted by atomic mass is 19.1. The molecule has 1 aliphatic carbocycles. The van der Waals surface area contributed by atoms with Crippen molar-refractivity contribution in [2.75, 3.05) is 6.61 Å². The number of benzene rings is 1. The van der Waals surface area contributed by atoms with Gasteiger partial charge in [-0.2, -0.15) is 0 Å². The second kappa shape index (κ2) is 9.17. The van der Waals surface area contributed by atoms with Gasteiger partial charge in [0.25, 0.3) is 0 Å². The van der Waals surface area contributed by atoms with Gasteiger partial charge in [0.05, 0.1) is 6.61 Å². The lowest BCUT2D eigenvalue weighted by molar-refractivity contribution is 0.289. The number of unbranched alkanes of at least 4 members (excludes halogenated alkanes) is 3. The summed E-state index contributed by atoms with van der Waals surface area (Å²) in [6.45, 7) is 5.09. The Morgan fingerprint density at radius 3 is 2.45 bits per heavy atom. The van der Waals surface area contributed by atoms with E-state index >= 15 is 0 Å². The van der Waals surface area contributed by atoms with Crippen LogP contribution in [-0.2, 0) is 0 Å². The second-order valence-corrected chi connectivity index (χ2v) is 6.72. The molecule has 0 spiro atoms. The molecular weight excluding hydrogens is 275 g/mol. The van der Waals surface area contributed by atoms with Crippen molar-refractivity contribution in [3.8, 4) is 5.75 Å². The van der Waals surface area contributed by atoms with E-state index < -0.39 is 0 Å². The molecule has 0 bridgehead atoms. The standard InChI is InChI=1S/C20H31FO/c1-3-5-6-7-14-22-20-13-12-18(15-19(20)21)17-10-8-16(4-2)9-11-17/h12-13,15-17H,3-11,14H2,1-2H3. The van der Waals surface area contributed by atoms with Crippen molar-refractivity contribution in [1.82, 2.24) is 0 Å². The van der Waals surface area contributed by atoms with E-state index in [2.05, 4.69) is 19.9 Å². The maximum Gasteiger partial charge on any atom is 0.165 e. The minimum atomic E-state index is -0.189. The SMILES string of the molecule is CCCCCCOc1ccc(C2CCC(CC)CC2)cc1F. The van der Waals surface area contributed by atoms with Crippen LogP contribution in [0, 0.1) is 11.7 Å². The summed E-state index contributed by atoms with van der Waals surface area (Å²) >= 11 is 0. The van der Waals surface area contributed by atoms with Crippen LogP contribution in [0.4, 0.5) is 4.39 Å². The zero-order valence-electron chi connectivity index (χ0n) is 14.2. The van der Waals surface area contributed by atoms with Crippen LogP contribution in [0.3, 0.4) is 0 Å². The molecule has 0 atom stereocenters. The van der Waals surface area contributed by atoms with E-state index in [1.807, 2.05) is 6.07 Å². The molecule has 0 amide bonds. The minimum absolute atomic E-state index is 0.189. The minimum Gasteiger partial charge on any atom is -0.491 e. The van der Waals surface area contributed by atoms with E-state index in [-0.39, 0.29) is 5.82 Å². The number of hydrogen-bond acceptors (Lipinski definition) is 1. The van der Waals surface area contributed by atoms with Gasteiger partial charge in [-0.15, -0.1) is 0 Å². The molecule has 0 aliphatic heterocycles. The maximum absolute atomic E-state index is 14.2. The summed E-state index contributed by atoms with van der Waals surface area (Å²) in [6, 6.07) is 5.61. The lowest BCUT2D eigenvalue weighted by Gasteiger charge is -2.28. The first kappa shape index (κ1) is 17.3. The van der Waals surface area contributed by atoms with Crippen molar-refractivity contribution in [3.63, 3.8) is 0 Å². The molecule has 0 unspecified atom stereocenters. The summed E-state index contributed by atoms with van der Waals surface area (Å²) in [5.41, 5.74) is 1.16. The molecule has 0 heterocycles. The lowest BCUT2D eigenvalue weighted by Crippen LogP contribution is -2.12. The van der Waals surface area contributed by atoms with Crippen LogP contribution in [-0.4, -0.2) is 6.61 Å². The number of halogens is 1. The van der Waals surface area contributed by atoms with Gasteiger partial charge in [-0.3, -0.25) is 0 Å². The Morgan fingerprint density at radius 1 is 1.05 bits per heavy atom. The van der Waals surface area contributed by atoms with Crippen molar-refractivity contribution in [3.05, 3.63) is 29.6 Å². The molecule has 22 heavy (non-hydrogen) atoms. The van der Waals surface area contributed by atoms with E-state index in [0.717, 1.165) is 24.3 Å². The van der Waals surface area contributed by atoms with E-state index in [1.54, 1.807) is 6.07 Å². The predicted molar refractivity (Wildman–Crippen MR) is 91.0 cm³/mol. The third kappa shape index (κ3) is 5.00. The van der Waals surface area contributed by atoms with Crippen LogP contribution in [0.2, 0.25) is 0 Å². The highest BCUT2D eigenvalue weighted by Gasteiger charge is 2.22. The summed E-state index contributed by atoms with van der Waals surface area (Å²) in [5, 5.41) is 0. The number of hydrogen-bond donors (Lipinski definition) is 0. The Hall–Kier alpha value is -1.05. The van der Waals surface area contributed by atoms with Gasteiger partial charge in [0.2, 0.25) is 0 Å². The maximum atomic E-state index is 14.2. The van der Waals surface area contributed by atoms with E-state index in [0.29, 0.717) is 18.3 Å². The third-order valence-electron chi connectivity index (χ3n) is 5.11. The molecule has 2 heteroatoms. The monoisotopic (exact) mass is 306 g/mol. The Kier molecular flexibility index (Phi) is 7.21. The van der Waals surface area contributed by atoms with Crippen LogP contribution in [0.1, 0.15) is 83.1 Å². The van der Waals surface area contributed by atoms with Gasteiger partial charge < -0.3 is 4.74 Å². The fraction of sp³-hybridized carbons (Fsp3) is 0.700. The molecule has 0 radical (unpaired) electrons. The second-order valence-electron chi connectivity index (χ2n) is 6.72. The van der Waals surface area contributed by atoms with E-state index in [4.69, 9.17) is 4.74 Å².